The third kappa shape index (κ3) is 5.49. The molecular formula is C22H24BrN3O4S. The Morgan fingerprint density at radius 2 is 2.00 bits per heavy atom. The number of hydrogen-bond acceptors (Lipinski definition) is 6. The summed E-state index contributed by atoms with van der Waals surface area (Å²) in [7, 11) is 1.22. The predicted molar refractivity (Wildman–Crippen MR) is 121 cm³/mol. The predicted octanol–water partition coefficient (Wildman–Crippen LogP) is 3.32. The van der Waals surface area contributed by atoms with E-state index < -0.39 is 23.7 Å². The molecule has 0 aliphatic carbocycles. The van der Waals surface area contributed by atoms with E-state index in [4.69, 9.17) is 4.74 Å². The van der Waals surface area contributed by atoms with Crippen molar-refractivity contribution in [3.05, 3.63) is 44.9 Å². The molecule has 7 nitrogen and oxygen atoms in total. The molecule has 0 unspecified atom stereocenters. The molecule has 1 aromatic carbocycles. The highest BCUT2D eigenvalue weighted by molar-refractivity contribution is 9.10. The molecule has 2 aliphatic heterocycles. The summed E-state index contributed by atoms with van der Waals surface area (Å²) in [6.07, 6.45) is 4.23. The van der Waals surface area contributed by atoms with Crippen molar-refractivity contribution >= 4 is 45.5 Å². The van der Waals surface area contributed by atoms with Gasteiger partial charge in [-0.2, -0.15) is 5.26 Å². The number of halogens is 1. The third-order valence-corrected chi connectivity index (χ3v) is 6.99. The Morgan fingerprint density at radius 1 is 1.29 bits per heavy atom. The molecule has 1 aromatic rings. The van der Waals surface area contributed by atoms with Gasteiger partial charge in [-0.05, 0) is 30.5 Å². The number of carbonyl (C=O) groups excluding carboxylic acids is 3. The average molecular weight is 506 g/mol. The molecule has 2 aliphatic rings. The largest absolute Gasteiger partial charge is 0.468 e. The van der Waals surface area contributed by atoms with E-state index in [1.165, 1.54) is 7.11 Å². The van der Waals surface area contributed by atoms with E-state index >= 15 is 0 Å². The molecule has 2 atom stereocenters. The van der Waals surface area contributed by atoms with Gasteiger partial charge in [-0.15, -0.1) is 0 Å². The number of methoxy groups -OCH3 is 1. The number of nitrogens with one attached hydrogen (secondary N) is 1. The van der Waals surface area contributed by atoms with Crippen molar-refractivity contribution in [1.82, 2.24) is 10.2 Å². The molecule has 31 heavy (non-hydrogen) atoms. The topological polar surface area (TPSA) is 99.5 Å². The Balaban J connectivity index is 1.90. The summed E-state index contributed by atoms with van der Waals surface area (Å²) in [6.45, 7) is 1.47. The lowest BCUT2D eigenvalue weighted by atomic mass is 9.78. The van der Waals surface area contributed by atoms with E-state index in [-0.39, 0.29) is 17.2 Å². The van der Waals surface area contributed by atoms with Gasteiger partial charge < -0.3 is 15.0 Å². The van der Waals surface area contributed by atoms with Gasteiger partial charge in [0.2, 0.25) is 11.8 Å². The standard InChI is InChI=1S/C22H24BrN3O4S/c1-30-22(29)19-18(14-7-6-8-15(23)11-14)16(12-24)21(25-20(19)28)31-13-17(27)26-9-4-2-3-5-10-26/h6-8,11,18-19H,2-5,9-10,13H2,1H3,(H,25,28)/t18-,19+/m1/s1. The fraction of sp³-hybridized carbons (Fsp3) is 0.455. The van der Waals surface area contributed by atoms with Crippen molar-refractivity contribution in [3.63, 3.8) is 0 Å². The van der Waals surface area contributed by atoms with Gasteiger partial charge >= 0.3 is 5.97 Å². The van der Waals surface area contributed by atoms with Gasteiger partial charge in [-0.1, -0.05) is 52.7 Å². The minimum atomic E-state index is -1.18. The Bertz CT molecular complexity index is 935. The van der Waals surface area contributed by atoms with Gasteiger partial charge in [0.25, 0.3) is 0 Å². The molecule has 2 heterocycles. The smallest absolute Gasteiger partial charge is 0.319 e. The molecular weight excluding hydrogens is 482 g/mol. The van der Waals surface area contributed by atoms with Crippen LogP contribution in [0.4, 0.5) is 0 Å². The van der Waals surface area contributed by atoms with Crippen LogP contribution in [0.3, 0.4) is 0 Å². The minimum Gasteiger partial charge on any atom is -0.468 e. The number of allylic oxidation sites excluding steroid dienone is 1. The molecule has 0 saturated carbocycles. The van der Waals surface area contributed by atoms with Crippen LogP contribution in [-0.2, 0) is 19.1 Å². The van der Waals surface area contributed by atoms with Crippen LogP contribution < -0.4 is 5.32 Å². The maximum atomic E-state index is 12.9. The van der Waals surface area contributed by atoms with E-state index in [0.29, 0.717) is 10.6 Å². The van der Waals surface area contributed by atoms with Gasteiger partial charge in [0.1, 0.15) is 5.92 Å². The second kappa shape index (κ2) is 10.8. The Hall–Kier alpha value is -2.31. The van der Waals surface area contributed by atoms with E-state index in [2.05, 4.69) is 27.3 Å². The number of carbonyl (C=O) groups is 3. The van der Waals surface area contributed by atoms with E-state index in [9.17, 15) is 19.6 Å². The van der Waals surface area contributed by atoms with Crippen molar-refractivity contribution in [1.29, 1.82) is 5.26 Å². The highest BCUT2D eigenvalue weighted by Gasteiger charge is 2.44. The highest BCUT2D eigenvalue weighted by atomic mass is 79.9. The highest BCUT2D eigenvalue weighted by Crippen LogP contribution is 2.40. The molecule has 2 amide bonds. The van der Waals surface area contributed by atoms with Gasteiger partial charge in [-0.25, -0.2) is 0 Å². The molecule has 1 fully saturated rings. The van der Waals surface area contributed by atoms with Gasteiger partial charge in [-0.3, -0.25) is 14.4 Å². The lowest BCUT2D eigenvalue weighted by Gasteiger charge is -2.31. The number of hydrogen-bond donors (Lipinski definition) is 1. The zero-order valence-electron chi connectivity index (χ0n) is 17.2. The maximum Gasteiger partial charge on any atom is 0.319 e. The number of ether oxygens (including phenoxy) is 1. The molecule has 1 saturated heterocycles. The number of nitriles is 1. The number of thioether (sulfide) groups is 1. The van der Waals surface area contributed by atoms with Crippen molar-refractivity contribution in [3.8, 4) is 6.07 Å². The molecule has 0 radical (unpaired) electrons. The molecule has 0 aromatic heterocycles. The summed E-state index contributed by atoms with van der Waals surface area (Å²) >= 11 is 4.54. The summed E-state index contributed by atoms with van der Waals surface area (Å²) in [5.74, 6) is -3.12. The van der Waals surface area contributed by atoms with E-state index in [1.54, 1.807) is 18.2 Å². The van der Waals surface area contributed by atoms with Crippen molar-refractivity contribution < 1.29 is 19.1 Å². The summed E-state index contributed by atoms with van der Waals surface area (Å²) in [4.78, 5) is 39.8. The molecule has 0 spiro atoms. The number of esters is 1. The normalized spacial score (nSPS) is 21.7. The Morgan fingerprint density at radius 3 is 2.61 bits per heavy atom. The van der Waals surface area contributed by atoms with Crippen LogP contribution in [0.15, 0.2) is 39.3 Å². The first-order valence-corrected chi connectivity index (χ1v) is 11.9. The van der Waals surface area contributed by atoms with Gasteiger partial charge in [0, 0.05) is 23.5 Å². The molecule has 164 valence electrons. The number of rotatable bonds is 5. The average Bonchev–Trinajstić information content (AvgIpc) is 3.06. The fourth-order valence-corrected chi connectivity index (χ4v) is 5.29. The number of likely N-dealkylation sites (tertiary alicyclic amines) is 1. The van der Waals surface area contributed by atoms with Crippen LogP contribution in [0.1, 0.15) is 37.2 Å². The second-order valence-electron chi connectivity index (χ2n) is 7.46. The minimum absolute atomic E-state index is 0.0139. The molecule has 3 rings (SSSR count). The Kier molecular flexibility index (Phi) is 8.15. The Labute approximate surface area is 194 Å². The molecule has 0 bridgehead atoms. The summed E-state index contributed by atoms with van der Waals surface area (Å²) in [6, 6.07) is 9.32. The van der Waals surface area contributed by atoms with Crippen LogP contribution in [0.25, 0.3) is 0 Å². The SMILES string of the molecule is COC(=O)[C@@H]1C(=O)NC(SCC(=O)N2CCCCCC2)=C(C#N)[C@H]1c1cccc(Br)c1. The lowest BCUT2D eigenvalue weighted by molar-refractivity contribution is -0.150. The van der Waals surface area contributed by atoms with Crippen LogP contribution in [-0.4, -0.2) is 48.6 Å². The first-order chi connectivity index (χ1) is 15.0. The summed E-state index contributed by atoms with van der Waals surface area (Å²) in [5.41, 5.74) is 0.898. The zero-order valence-corrected chi connectivity index (χ0v) is 19.6. The fourth-order valence-electron chi connectivity index (χ4n) is 3.92. The van der Waals surface area contributed by atoms with Crippen LogP contribution in [0.5, 0.6) is 0 Å². The van der Waals surface area contributed by atoms with E-state index in [0.717, 1.165) is 55.0 Å². The number of nitrogens with zero attached hydrogens (tertiary/aromatic N) is 2. The maximum absolute atomic E-state index is 12.9. The van der Waals surface area contributed by atoms with Gasteiger partial charge in [0.05, 0.1) is 29.5 Å². The molecule has 9 heteroatoms. The number of benzene rings is 1. The van der Waals surface area contributed by atoms with Crippen LogP contribution in [0.2, 0.25) is 0 Å². The summed E-state index contributed by atoms with van der Waals surface area (Å²) in [5, 5.41) is 12.9. The van der Waals surface area contributed by atoms with Crippen molar-refractivity contribution in [2.24, 2.45) is 5.92 Å². The van der Waals surface area contributed by atoms with Crippen molar-refractivity contribution in [2.75, 3.05) is 26.0 Å². The zero-order chi connectivity index (χ0) is 22.4. The lowest BCUT2D eigenvalue weighted by Crippen LogP contribution is -2.44. The van der Waals surface area contributed by atoms with Crippen LogP contribution >= 0.6 is 27.7 Å². The first kappa shape index (κ1) is 23.4. The second-order valence-corrected chi connectivity index (χ2v) is 9.36. The first-order valence-electron chi connectivity index (χ1n) is 10.1. The van der Waals surface area contributed by atoms with Crippen LogP contribution in [0, 0.1) is 17.2 Å². The third-order valence-electron chi connectivity index (χ3n) is 5.49. The molecule has 1 N–H and O–H groups in total. The van der Waals surface area contributed by atoms with E-state index in [1.807, 2.05) is 11.0 Å². The monoisotopic (exact) mass is 505 g/mol. The quantitative estimate of drug-likeness (QED) is 0.486. The number of amides is 2. The van der Waals surface area contributed by atoms with Gasteiger partial charge in [0.15, 0.2) is 0 Å². The summed E-state index contributed by atoms with van der Waals surface area (Å²) < 4.78 is 5.61. The van der Waals surface area contributed by atoms with Crippen molar-refractivity contribution in [2.45, 2.75) is 31.6 Å².